The minimum absolute atomic E-state index is 0.322. The van der Waals surface area contributed by atoms with E-state index < -0.39 is 15.4 Å². The van der Waals surface area contributed by atoms with Crippen molar-refractivity contribution >= 4 is 10.1 Å². The van der Waals surface area contributed by atoms with Crippen LogP contribution in [-0.4, -0.2) is 31.3 Å². The molecule has 0 spiro atoms. The van der Waals surface area contributed by atoms with Crippen molar-refractivity contribution in [1.82, 2.24) is 5.32 Å². The topological polar surface area (TPSA) is 66.4 Å². The highest BCUT2D eigenvalue weighted by molar-refractivity contribution is 7.86. The molecular weight excluding hydrogens is 190 g/mol. The Bertz CT molecular complexity index is 213. The minimum Gasteiger partial charge on any atom is -0.315 e. The van der Waals surface area contributed by atoms with Crippen molar-refractivity contribution < 1.29 is 13.0 Å². The molecular formula is C8H19NO3S. The van der Waals surface area contributed by atoms with E-state index in [-0.39, 0.29) is 0 Å². The molecule has 0 aliphatic heterocycles. The fourth-order valence-electron chi connectivity index (χ4n) is 0.911. The Hall–Kier alpha value is -0.130. The van der Waals surface area contributed by atoms with Crippen molar-refractivity contribution in [3.63, 3.8) is 0 Å². The van der Waals surface area contributed by atoms with E-state index >= 15 is 0 Å². The second-order valence-corrected chi connectivity index (χ2v) is 5.07. The number of hydrogen-bond acceptors (Lipinski definition) is 3. The summed E-state index contributed by atoms with van der Waals surface area (Å²) in [5.41, 5.74) is 0. The molecule has 0 heterocycles. The van der Waals surface area contributed by atoms with Gasteiger partial charge in [0.1, 0.15) is 0 Å². The summed E-state index contributed by atoms with van der Waals surface area (Å²) in [6.07, 6.45) is 3.34. The minimum atomic E-state index is -3.86. The third-order valence-corrected chi connectivity index (χ3v) is 3.08. The van der Waals surface area contributed by atoms with Crippen LogP contribution in [0.25, 0.3) is 0 Å². The summed E-state index contributed by atoms with van der Waals surface area (Å²) in [5.74, 6) is 0. The van der Waals surface area contributed by atoms with Crippen LogP contribution < -0.4 is 5.32 Å². The van der Waals surface area contributed by atoms with Crippen LogP contribution in [0.5, 0.6) is 0 Å². The van der Waals surface area contributed by atoms with Crippen LogP contribution in [-0.2, 0) is 10.1 Å². The Balaban J connectivity index is 3.44. The summed E-state index contributed by atoms with van der Waals surface area (Å²) < 4.78 is 29.8. The van der Waals surface area contributed by atoms with Crippen LogP contribution in [0.1, 0.15) is 33.1 Å². The van der Waals surface area contributed by atoms with Gasteiger partial charge in [-0.15, -0.1) is 0 Å². The SMILES string of the molecule is CCCCCNCC(C)S(=O)(=O)O. The van der Waals surface area contributed by atoms with Gasteiger partial charge in [0.25, 0.3) is 10.1 Å². The first-order valence-electron chi connectivity index (χ1n) is 4.65. The van der Waals surface area contributed by atoms with Crippen LogP contribution in [0.2, 0.25) is 0 Å². The van der Waals surface area contributed by atoms with E-state index in [9.17, 15) is 8.42 Å². The molecule has 1 unspecified atom stereocenters. The van der Waals surface area contributed by atoms with E-state index in [1.807, 2.05) is 0 Å². The number of unbranched alkanes of at least 4 members (excludes halogenated alkanes) is 2. The molecule has 0 saturated heterocycles. The fraction of sp³-hybridized carbons (Fsp3) is 1.00. The van der Waals surface area contributed by atoms with Crippen molar-refractivity contribution in [2.45, 2.75) is 38.4 Å². The fourth-order valence-corrected chi connectivity index (χ4v) is 1.24. The van der Waals surface area contributed by atoms with Gasteiger partial charge >= 0.3 is 0 Å². The van der Waals surface area contributed by atoms with Gasteiger partial charge in [0, 0.05) is 6.54 Å². The van der Waals surface area contributed by atoms with Crippen LogP contribution >= 0.6 is 0 Å². The average molecular weight is 209 g/mol. The molecule has 4 nitrogen and oxygen atoms in total. The highest BCUT2D eigenvalue weighted by Crippen LogP contribution is 1.96. The van der Waals surface area contributed by atoms with Gasteiger partial charge in [-0.1, -0.05) is 19.8 Å². The van der Waals surface area contributed by atoms with E-state index in [1.165, 1.54) is 6.92 Å². The van der Waals surface area contributed by atoms with E-state index in [0.717, 1.165) is 25.8 Å². The summed E-state index contributed by atoms with van der Waals surface area (Å²) in [4.78, 5) is 0. The highest BCUT2D eigenvalue weighted by Gasteiger charge is 2.15. The van der Waals surface area contributed by atoms with Crippen LogP contribution in [0.3, 0.4) is 0 Å². The second-order valence-electron chi connectivity index (χ2n) is 3.24. The van der Waals surface area contributed by atoms with Crippen LogP contribution in [0, 0.1) is 0 Å². The normalized spacial score (nSPS) is 14.4. The molecule has 5 heteroatoms. The first kappa shape index (κ1) is 12.9. The molecule has 0 aliphatic carbocycles. The number of hydrogen-bond donors (Lipinski definition) is 2. The Morgan fingerprint density at radius 2 is 2.00 bits per heavy atom. The molecule has 0 aromatic heterocycles. The standard InChI is InChI=1S/C8H19NO3S/c1-3-4-5-6-9-7-8(2)13(10,11)12/h8-9H,3-7H2,1-2H3,(H,10,11,12). The molecule has 0 amide bonds. The van der Waals surface area contributed by atoms with Crippen LogP contribution in [0.15, 0.2) is 0 Å². The van der Waals surface area contributed by atoms with Crippen molar-refractivity contribution in [2.24, 2.45) is 0 Å². The molecule has 13 heavy (non-hydrogen) atoms. The lowest BCUT2D eigenvalue weighted by Crippen LogP contribution is -2.31. The van der Waals surface area contributed by atoms with Gasteiger partial charge < -0.3 is 5.32 Å². The van der Waals surface area contributed by atoms with Gasteiger partial charge in [-0.05, 0) is 19.9 Å². The van der Waals surface area contributed by atoms with E-state index in [1.54, 1.807) is 0 Å². The number of rotatable bonds is 7. The third kappa shape index (κ3) is 6.98. The van der Waals surface area contributed by atoms with Crippen molar-refractivity contribution in [1.29, 1.82) is 0 Å². The summed E-state index contributed by atoms with van der Waals surface area (Å²) in [6.45, 7) is 4.74. The first-order valence-corrected chi connectivity index (χ1v) is 6.15. The van der Waals surface area contributed by atoms with Gasteiger partial charge in [-0.2, -0.15) is 8.42 Å². The predicted octanol–water partition coefficient (Wildman–Crippen LogP) is 1.04. The second kappa shape index (κ2) is 6.34. The molecule has 2 N–H and O–H groups in total. The molecule has 0 bridgehead atoms. The van der Waals surface area contributed by atoms with Crippen molar-refractivity contribution in [3.05, 3.63) is 0 Å². The Labute approximate surface area is 80.5 Å². The maximum Gasteiger partial charge on any atom is 0.268 e. The molecule has 1 atom stereocenters. The summed E-state index contributed by atoms with van der Waals surface area (Å²) in [7, 11) is -3.86. The van der Waals surface area contributed by atoms with E-state index in [4.69, 9.17) is 4.55 Å². The first-order chi connectivity index (χ1) is 5.98. The molecule has 0 fully saturated rings. The zero-order valence-corrected chi connectivity index (χ0v) is 9.10. The lowest BCUT2D eigenvalue weighted by molar-refractivity contribution is 0.464. The van der Waals surface area contributed by atoms with Gasteiger partial charge in [0.2, 0.25) is 0 Å². The van der Waals surface area contributed by atoms with Crippen molar-refractivity contribution in [2.75, 3.05) is 13.1 Å². The molecule has 0 radical (unpaired) electrons. The van der Waals surface area contributed by atoms with Gasteiger partial charge in [-0.25, -0.2) is 0 Å². The molecule has 0 saturated carbocycles. The van der Waals surface area contributed by atoms with E-state index in [0.29, 0.717) is 6.54 Å². The Morgan fingerprint density at radius 3 is 2.46 bits per heavy atom. The van der Waals surface area contributed by atoms with Crippen molar-refractivity contribution in [3.8, 4) is 0 Å². The summed E-state index contributed by atoms with van der Waals surface area (Å²) in [5, 5.41) is 2.27. The predicted molar refractivity (Wildman–Crippen MR) is 53.4 cm³/mol. The summed E-state index contributed by atoms with van der Waals surface area (Å²) >= 11 is 0. The largest absolute Gasteiger partial charge is 0.315 e. The maximum atomic E-state index is 10.6. The third-order valence-electron chi connectivity index (χ3n) is 1.90. The average Bonchev–Trinajstić information content (AvgIpc) is 2.02. The summed E-state index contributed by atoms with van der Waals surface area (Å²) in [6, 6.07) is 0. The zero-order chi connectivity index (χ0) is 10.3. The Morgan fingerprint density at radius 1 is 1.38 bits per heavy atom. The van der Waals surface area contributed by atoms with Gasteiger partial charge in [0.05, 0.1) is 5.25 Å². The lowest BCUT2D eigenvalue weighted by Gasteiger charge is -2.08. The molecule has 80 valence electrons. The Kier molecular flexibility index (Phi) is 6.28. The molecule has 0 aromatic carbocycles. The molecule has 0 rings (SSSR count). The molecule has 0 aliphatic rings. The van der Waals surface area contributed by atoms with E-state index in [2.05, 4.69) is 12.2 Å². The maximum absolute atomic E-state index is 10.6. The van der Waals surface area contributed by atoms with Crippen LogP contribution in [0.4, 0.5) is 0 Å². The van der Waals surface area contributed by atoms with Gasteiger partial charge in [-0.3, -0.25) is 4.55 Å². The smallest absolute Gasteiger partial charge is 0.268 e. The quantitative estimate of drug-likeness (QED) is 0.486. The monoisotopic (exact) mass is 209 g/mol. The zero-order valence-electron chi connectivity index (χ0n) is 8.28. The highest BCUT2D eigenvalue weighted by atomic mass is 32.2. The molecule has 0 aromatic rings. The lowest BCUT2D eigenvalue weighted by atomic mass is 10.2. The number of nitrogens with one attached hydrogen (secondary N) is 1. The van der Waals surface area contributed by atoms with Gasteiger partial charge in [0.15, 0.2) is 0 Å².